The van der Waals surface area contributed by atoms with E-state index in [0.717, 1.165) is 4.62 Å². The first kappa shape index (κ1) is 10.4. The van der Waals surface area contributed by atoms with Crippen molar-refractivity contribution in [3.05, 3.63) is 17.9 Å². The zero-order chi connectivity index (χ0) is 10.1. The number of hydrogen-bond donors (Lipinski definition) is 1. The van der Waals surface area contributed by atoms with E-state index >= 15 is 0 Å². The van der Waals surface area contributed by atoms with E-state index in [2.05, 4.69) is 20.8 Å². The molecule has 1 N–H and O–H groups in total. The Hall–Kier alpha value is -0.718. The van der Waals surface area contributed by atoms with Gasteiger partial charge in [-0.25, -0.2) is 0 Å². The van der Waals surface area contributed by atoms with Gasteiger partial charge in [-0.2, -0.15) is 0 Å². The van der Waals surface area contributed by atoms with Crippen molar-refractivity contribution >= 4 is 10.6 Å². The van der Waals surface area contributed by atoms with Crippen molar-refractivity contribution in [2.45, 2.75) is 25.0 Å². The van der Waals surface area contributed by atoms with Crippen LogP contribution in [0.1, 0.15) is 31.3 Å². The first-order valence-corrected chi connectivity index (χ1v) is 5.18. The molecule has 0 fully saturated rings. The molecule has 4 heteroatoms. The monoisotopic (exact) mass is 220 g/mol. The average Bonchev–Trinajstić information content (AvgIpc) is 2.31. The second-order valence-corrected chi connectivity index (χ2v) is 6.50. The molecule has 0 radical (unpaired) electrons. The van der Waals surface area contributed by atoms with E-state index in [1.54, 1.807) is 6.07 Å². The third-order valence-corrected chi connectivity index (χ3v) is 2.81. The van der Waals surface area contributed by atoms with Gasteiger partial charge in [-0.3, -0.25) is 0 Å². The van der Waals surface area contributed by atoms with Crippen molar-refractivity contribution in [3.63, 3.8) is 0 Å². The van der Waals surface area contributed by atoms with Crippen molar-refractivity contribution < 1.29 is 29.5 Å². The molecular formula is C9H12CrO3. The van der Waals surface area contributed by atoms with Crippen molar-refractivity contribution in [3.8, 4) is 0 Å². The fourth-order valence-corrected chi connectivity index (χ4v) is 2.15. The van der Waals surface area contributed by atoms with Crippen LogP contribution in [-0.4, -0.2) is 11.1 Å². The molecule has 0 aliphatic carbocycles. The molecule has 72 valence electrons. The van der Waals surface area contributed by atoms with E-state index in [0.29, 0.717) is 0 Å². The van der Waals surface area contributed by atoms with Crippen LogP contribution in [0.4, 0.5) is 0 Å². The Morgan fingerprint density at radius 3 is 2.46 bits per heavy atom. The third kappa shape index (κ3) is 3.25. The van der Waals surface area contributed by atoms with Crippen molar-refractivity contribution in [2.75, 3.05) is 0 Å². The second-order valence-electron chi connectivity index (χ2n) is 3.64. The van der Waals surface area contributed by atoms with Crippen LogP contribution < -0.4 is 4.62 Å². The van der Waals surface area contributed by atoms with Gasteiger partial charge in [-0.15, -0.1) is 0 Å². The Morgan fingerprint density at radius 1 is 1.46 bits per heavy atom. The van der Waals surface area contributed by atoms with Gasteiger partial charge in [0.05, 0.1) is 0 Å². The van der Waals surface area contributed by atoms with Crippen LogP contribution in [0.15, 0.2) is 16.5 Å². The first-order chi connectivity index (χ1) is 5.88. The van der Waals surface area contributed by atoms with E-state index in [-0.39, 0.29) is 25.3 Å². The zero-order valence-corrected chi connectivity index (χ0v) is 9.10. The Kier molecular flexibility index (Phi) is 2.85. The first-order valence-electron chi connectivity index (χ1n) is 3.90. The van der Waals surface area contributed by atoms with Crippen LogP contribution in [0.3, 0.4) is 0 Å². The Balaban J connectivity index is 2.75. The maximum atomic E-state index is 10.5. The fourth-order valence-electron chi connectivity index (χ4n) is 0.792. The number of carboxylic acids is 1. The summed E-state index contributed by atoms with van der Waals surface area (Å²) in [6.45, 7) is 6.32. The summed E-state index contributed by atoms with van der Waals surface area (Å²) >= 11 is 0.181. The molecular weight excluding hydrogens is 208 g/mol. The molecule has 13 heavy (non-hydrogen) atoms. The quantitative estimate of drug-likeness (QED) is 0.828. The predicted octanol–water partition coefficient (Wildman–Crippen LogP) is 1.90. The van der Waals surface area contributed by atoms with Crippen LogP contribution in [-0.2, 0) is 15.2 Å². The zero-order valence-electron chi connectivity index (χ0n) is 7.83. The molecule has 0 atom stereocenters. The molecule has 0 aromatic carbocycles. The van der Waals surface area contributed by atoms with E-state index in [1.165, 1.54) is 6.07 Å². The number of rotatable bonds is 2. The number of aromatic carboxylic acids is 1. The van der Waals surface area contributed by atoms with Crippen LogP contribution >= 0.6 is 0 Å². The van der Waals surface area contributed by atoms with Gasteiger partial charge in [-0.1, -0.05) is 0 Å². The summed E-state index contributed by atoms with van der Waals surface area (Å²) in [7, 11) is 0. The molecule has 0 amide bonds. The van der Waals surface area contributed by atoms with Gasteiger partial charge < -0.3 is 0 Å². The number of carboxylic acid groups (broad SMARTS) is 1. The van der Waals surface area contributed by atoms with E-state index in [9.17, 15) is 4.79 Å². The van der Waals surface area contributed by atoms with Crippen molar-refractivity contribution in [1.29, 1.82) is 0 Å². The molecule has 0 aliphatic rings. The molecule has 0 unspecified atom stereocenters. The van der Waals surface area contributed by atoms with Crippen molar-refractivity contribution in [2.24, 2.45) is 0 Å². The van der Waals surface area contributed by atoms with Crippen LogP contribution in [0.2, 0.25) is 4.28 Å². The molecule has 0 saturated carbocycles. The summed E-state index contributed by atoms with van der Waals surface area (Å²) in [5.41, 5.74) is 0. The Bertz CT molecular complexity index is 309. The van der Waals surface area contributed by atoms with E-state index in [4.69, 9.17) is 9.52 Å². The number of hydrogen-bond acceptors (Lipinski definition) is 2. The van der Waals surface area contributed by atoms with Gasteiger partial charge in [0.25, 0.3) is 0 Å². The second kappa shape index (κ2) is 3.57. The van der Waals surface area contributed by atoms with Crippen LogP contribution in [0.5, 0.6) is 0 Å². The van der Waals surface area contributed by atoms with Gasteiger partial charge in [0.2, 0.25) is 0 Å². The molecule has 0 spiro atoms. The molecule has 3 nitrogen and oxygen atoms in total. The topological polar surface area (TPSA) is 50.4 Å². The molecule has 0 bridgehead atoms. The molecule has 0 saturated heterocycles. The Morgan fingerprint density at radius 2 is 2.08 bits per heavy atom. The molecule has 1 aromatic heterocycles. The summed E-state index contributed by atoms with van der Waals surface area (Å²) in [4.78, 5) is 10.5. The fraction of sp³-hybridized carbons (Fsp3) is 0.444. The number of furan rings is 1. The summed E-state index contributed by atoms with van der Waals surface area (Å²) in [5, 5.41) is 8.61. The average molecular weight is 220 g/mol. The molecule has 1 aromatic rings. The maximum absolute atomic E-state index is 10.5. The van der Waals surface area contributed by atoms with E-state index in [1.807, 2.05) is 0 Å². The van der Waals surface area contributed by atoms with Gasteiger partial charge in [0, 0.05) is 0 Å². The van der Waals surface area contributed by atoms with Gasteiger partial charge >= 0.3 is 83.1 Å². The Labute approximate surface area is 83.5 Å². The number of carbonyl (C=O) groups is 1. The van der Waals surface area contributed by atoms with Gasteiger partial charge in [0.15, 0.2) is 0 Å². The predicted molar refractivity (Wildman–Crippen MR) is 45.0 cm³/mol. The third-order valence-electron chi connectivity index (χ3n) is 1.20. The molecule has 0 aliphatic heterocycles. The van der Waals surface area contributed by atoms with Crippen molar-refractivity contribution in [1.82, 2.24) is 0 Å². The normalized spacial score (nSPS) is 11.6. The SMILES string of the molecule is C[C](C)(C)[Cr][c]1ccc(C(=O)O)o1. The minimum absolute atomic E-state index is 0.0288. The van der Waals surface area contributed by atoms with Gasteiger partial charge in [0.1, 0.15) is 0 Å². The van der Waals surface area contributed by atoms with Gasteiger partial charge in [-0.05, 0) is 0 Å². The van der Waals surface area contributed by atoms with E-state index < -0.39 is 5.97 Å². The van der Waals surface area contributed by atoms with Crippen LogP contribution in [0.25, 0.3) is 0 Å². The molecule has 1 rings (SSSR count). The standard InChI is InChI=1S/C5H3O3.C4H9.Cr/c6-5(7)4-2-1-3-8-4;1-4(2)3;/h1-2H,(H,6,7);1-3H3;. The molecule has 1 heterocycles. The van der Waals surface area contributed by atoms with Crippen LogP contribution in [0, 0.1) is 0 Å². The summed E-state index contributed by atoms with van der Waals surface area (Å²) < 4.78 is 6.12. The minimum atomic E-state index is -1.00. The summed E-state index contributed by atoms with van der Waals surface area (Å²) in [5.74, 6) is -0.975. The summed E-state index contributed by atoms with van der Waals surface area (Å²) in [6, 6.07) is 3.25. The summed E-state index contributed by atoms with van der Waals surface area (Å²) in [6.07, 6.45) is 0.